The van der Waals surface area contributed by atoms with Crippen LogP contribution in [0.15, 0.2) is 24.3 Å². The molecular formula is C15H21ClN2O3S. The fourth-order valence-electron chi connectivity index (χ4n) is 2.14. The first-order valence-corrected chi connectivity index (χ1v) is 9.56. The van der Waals surface area contributed by atoms with Crippen LogP contribution in [-0.4, -0.2) is 44.5 Å². The average molecular weight is 345 g/mol. The molecule has 1 aromatic rings. The number of benzene rings is 1. The van der Waals surface area contributed by atoms with Crippen molar-refractivity contribution in [2.24, 2.45) is 5.92 Å². The van der Waals surface area contributed by atoms with Crippen molar-refractivity contribution < 1.29 is 13.2 Å². The van der Waals surface area contributed by atoms with Gasteiger partial charge in [0.15, 0.2) is 0 Å². The Morgan fingerprint density at radius 2 is 1.91 bits per heavy atom. The summed E-state index contributed by atoms with van der Waals surface area (Å²) in [6.07, 6.45) is 3.69. The highest BCUT2D eigenvalue weighted by Gasteiger charge is 2.29. The topological polar surface area (TPSA) is 66.5 Å². The molecule has 1 aliphatic carbocycles. The lowest BCUT2D eigenvalue weighted by molar-refractivity contribution is -0.122. The average Bonchev–Trinajstić information content (AvgIpc) is 3.27. The van der Waals surface area contributed by atoms with Gasteiger partial charge in [-0.2, -0.15) is 0 Å². The quantitative estimate of drug-likeness (QED) is 0.780. The minimum absolute atomic E-state index is 0.0335. The maximum Gasteiger partial charge on any atom is 0.223 e. The van der Waals surface area contributed by atoms with Crippen LogP contribution in [0.1, 0.15) is 18.4 Å². The normalized spacial score (nSPS) is 15.0. The van der Waals surface area contributed by atoms with Crippen LogP contribution in [0.25, 0.3) is 0 Å². The second kappa shape index (κ2) is 7.44. The zero-order valence-corrected chi connectivity index (χ0v) is 14.2. The van der Waals surface area contributed by atoms with Gasteiger partial charge in [-0.3, -0.25) is 4.79 Å². The van der Waals surface area contributed by atoms with Crippen molar-refractivity contribution in [3.63, 3.8) is 0 Å². The Hall–Kier alpha value is -1.11. The Morgan fingerprint density at radius 3 is 2.45 bits per heavy atom. The third-order valence-corrected chi connectivity index (χ3v) is 5.20. The molecule has 22 heavy (non-hydrogen) atoms. The van der Waals surface area contributed by atoms with Gasteiger partial charge in [-0.15, -0.1) is 0 Å². The van der Waals surface area contributed by atoms with E-state index in [0.29, 0.717) is 31.1 Å². The number of hydrogen-bond donors (Lipinski definition) is 1. The van der Waals surface area contributed by atoms with Crippen LogP contribution in [0.5, 0.6) is 0 Å². The lowest BCUT2D eigenvalue weighted by Crippen LogP contribution is -2.39. The second-order valence-corrected chi connectivity index (χ2v) is 8.02. The first-order valence-electron chi connectivity index (χ1n) is 7.33. The lowest BCUT2D eigenvalue weighted by Gasteiger charge is -2.20. The number of carbonyl (C=O) groups excluding carboxylic acids is 1. The van der Waals surface area contributed by atoms with E-state index in [9.17, 15) is 13.2 Å². The molecule has 0 aliphatic heterocycles. The van der Waals surface area contributed by atoms with E-state index >= 15 is 0 Å². The monoisotopic (exact) mass is 344 g/mol. The van der Waals surface area contributed by atoms with Crippen LogP contribution in [0.2, 0.25) is 5.02 Å². The van der Waals surface area contributed by atoms with Crippen molar-refractivity contribution in [1.82, 2.24) is 9.62 Å². The molecule has 1 saturated carbocycles. The maximum atomic E-state index is 11.8. The zero-order valence-electron chi connectivity index (χ0n) is 12.6. The zero-order chi connectivity index (χ0) is 16.2. The molecule has 5 nitrogen and oxygen atoms in total. The molecule has 0 aromatic heterocycles. The molecule has 0 saturated heterocycles. The number of nitrogens with one attached hydrogen (secondary N) is 1. The molecular weight excluding hydrogens is 324 g/mol. The summed E-state index contributed by atoms with van der Waals surface area (Å²) in [5, 5.41) is 3.45. The lowest BCUT2D eigenvalue weighted by atomic mass is 10.1. The van der Waals surface area contributed by atoms with Gasteiger partial charge < -0.3 is 5.32 Å². The van der Waals surface area contributed by atoms with Crippen LogP contribution < -0.4 is 5.32 Å². The Kier molecular flexibility index (Phi) is 5.83. The summed E-state index contributed by atoms with van der Waals surface area (Å²) in [7, 11) is -3.29. The van der Waals surface area contributed by atoms with Gasteiger partial charge in [0.05, 0.1) is 6.26 Å². The predicted octanol–water partition coefficient (Wildman–Crippen LogP) is 1.67. The summed E-state index contributed by atoms with van der Waals surface area (Å²) in [4.78, 5) is 11.6. The number of sulfonamides is 1. The molecule has 0 unspecified atom stereocenters. The van der Waals surface area contributed by atoms with Gasteiger partial charge in [0.2, 0.25) is 15.9 Å². The van der Waals surface area contributed by atoms with Crippen molar-refractivity contribution in [2.75, 3.05) is 25.9 Å². The minimum Gasteiger partial charge on any atom is -0.355 e. The maximum absolute atomic E-state index is 11.8. The summed E-state index contributed by atoms with van der Waals surface area (Å²) < 4.78 is 25.0. The molecule has 0 radical (unpaired) electrons. The van der Waals surface area contributed by atoms with Gasteiger partial charge in [0.1, 0.15) is 0 Å². The van der Waals surface area contributed by atoms with Gasteiger partial charge in [-0.05, 0) is 37.0 Å². The fourth-order valence-corrected chi connectivity index (χ4v) is 3.11. The van der Waals surface area contributed by atoms with Crippen LogP contribution in [0.4, 0.5) is 0 Å². The summed E-state index contributed by atoms with van der Waals surface area (Å²) in [5.41, 5.74) is 1.03. The molecule has 1 aliphatic rings. The molecule has 0 atom stereocenters. The number of amides is 1. The molecule has 1 amide bonds. The minimum atomic E-state index is -3.29. The largest absolute Gasteiger partial charge is 0.355 e. The second-order valence-electron chi connectivity index (χ2n) is 5.60. The molecule has 1 fully saturated rings. The van der Waals surface area contributed by atoms with Crippen LogP contribution in [0.3, 0.4) is 0 Å². The first kappa shape index (κ1) is 17.2. The van der Waals surface area contributed by atoms with E-state index in [2.05, 4.69) is 5.32 Å². The van der Waals surface area contributed by atoms with Crippen molar-refractivity contribution in [1.29, 1.82) is 0 Å². The number of carbonyl (C=O) groups is 1. The van der Waals surface area contributed by atoms with Crippen LogP contribution >= 0.6 is 11.6 Å². The number of rotatable bonds is 8. The van der Waals surface area contributed by atoms with Crippen molar-refractivity contribution in [2.45, 2.75) is 19.3 Å². The van der Waals surface area contributed by atoms with E-state index < -0.39 is 10.0 Å². The van der Waals surface area contributed by atoms with Crippen molar-refractivity contribution in [3.05, 3.63) is 34.9 Å². The highest BCUT2D eigenvalue weighted by Crippen LogP contribution is 2.28. The van der Waals surface area contributed by atoms with Gasteiger partial charge in [0, 0.05) is 30.6 Å². The smallest absolute Gasteiger partial charge is 0.223 e. The number of halogens is 1. The summed E-state index contributed by atoms with van der Waals surface area (Å²) in [6, 6.07) is 7.35. The van der Waals surface area contributed by atoms with Gasteiger partial charge in [0.25, 0.3) is 0 Å². The van der Waals surface area contributed by atoms with E-state index in [0.717, 1.165) is 18.4 Å². The molecule has 0 heterocycles. The Bertz CT molecular complexity index is 612. The third-order valence-electron chi connectivity index (χ3n) is 3.64. The first-order chi connectivity index (χ1) is 10.4. The third kappa shape index (κ3) is 5.59. The highest BCUT2D eigenvalue weighted by molar-refractivity contribution is 7.88. The SMILES string of the molecule is CS(=O)(=O)N(CCNC(=O)C1CC1)CCc1ccc(Cl)cc1. The predicted molar refractivity (Wildman–Crippen MR) is 87.3 cm³/mol. The van der Waals surface area contributed by atoms with E-state index in [4.69, 9.17) is 11.6 Å². The van der Waals surface area contributed by atoms with Gasteiger partial charge >= 0.3 is 0 Å². The molecule has 0 spiro atoms. The number of nitrogens with zero attached hydrogens (tertiary/aromatic N) is 1. The summed E-state index contributed by atoms with van der Waals surface area (Å²) >= 11 is 5.83. The van der Waals surface area contributed by atoms with E-state index in [-0.39, 0.29) is 11.8 Å². The fraction of sp³-hybridized carbons (Fsp3) is 0.533. The molecule has 2 rings (SSSR count). The van der Waals surface area contributed by atoms with Crippen molar-refractivity contribution in [3.8, 4) is 0 Å². The number of hydrogen-bond acceptors (Lipinski definition) is 3. The summed E-state index contributed by atoms with van der Waals surface area (Å²) in [6.45, 7) is 1.04. The van der Waals surface area contributed by atoms with Gasteiger partial charge in [-0.25, -0.2) is 12.7 Å². The van der Waals surface area contributed by atoms with Gasteiger partial charge in [-0.1, -0.05) is 23.7 Å². The van der Waals surface area contributed by atoms with Crippen LogP contribution in [0, 0.1) is 5.92 Å². The van der Waals surface area contributed by atoms with E-state index in [1.165, 1.54) is 10.6 Å². The Balaban J connectivity index is 1.83. The van der Waals surface area contributed by atoms with Crippen LogP contribution in [-0.2, 0) is 21.2 Å². The highest BCUT2D eigenvalue weighted by atomic mass is 35.5. The summed E-state index contributed by atoms with van der Waals surface area (Å²) in [5.74, 6) is 0.173. The molecule has 1 N–H and O–H groups in total. The Morgan fingerprint density at radius 1 is 1.27 bits per heavy atom. The molecule has 1 aromatic carbocycles. The molecule has 0 bridgehead atoms. The van der Waals surface area contributed by atoms with E-state index in [1.807, 2.05) is 12.1 Å². The molecule has 122 valence electrons. The molecule has 7 heteroatoms. The standard InChI is InChI=1S/C15H21ClN2O3S/c1-22(20,21)18(11-9-17-15(19)13-4-5-13)10-8-12-2-6-14(16)7-3-12/h2-3,6-7,13H,4-5,8-11H2,1H3,(H,17,19). The Labute approximate surface area is 136 Å². The van der Waals surface area contributed by atoms with Crippen molar-refractivity contribution >= 4 is 27.5 Å². The van der Waals surface area contributed by atoms with E-state index in [1.54, 1.807) is 12.1 Å².